The first-order chi connectivity index (χ1) is 4.65. The van der Waals surface area contributed by atoms with Crippen molar-refractivity contribution in [3.63, 3.8) is 0 Å². The quantitative estimate of drug-likeness (QED) is 0.546. The highest BCUT2D eigenvalue weighted by Gasteiger charge is 2.30. The van der Waals surface area contributed by atoms with Gasteiger partial charge in [-0.1, -0.05) is 20.8 Å². The number of hydrogen-bond acceptors (Lipinski definition) is 1. The van der Waals surface area contributed by atoms with Crippen LogP contribution in [0.1, 0.15) is 33.6 Å². The molecule has 0 amide bonds. The Kier molecular flexibility index (Phi) is 2.35. The van der Waals surface area contributed by atoms with Crippen LogP contribution in [-0.2, 0) is 4.74 Å². The van der Waals surface area contributed by atoms with Crippen LogP contribution in [-0.4, -0.2) is 13.2 Å². The van der Waals surface area contributed by atoms with Crippen LogP contribution < -0.4 is 0 Å². The molecule has 1 nitrogen and oxygen atoms in total. The average Bonchev–Trinajstić information content (AvgIpc) is 1.89. The van der Waals surface area contributed by atoms with E-state index in [1.54, 1.807) is 0 Å². The molecule has 1 rings (SSSR count). The summed E-state index contributed by atoms with van der Waals surface area (Å²) in [5, 5.41) is 0. The van der Waals surface area contributed by atoms with Gasteiger partial charge in [-0.05, 0) is 24.2 Å². The lowest BCUT2D eigenvalue weighted by molar-refractivity contribution is -0.0226. The van der Waals surface area contributed by atoms with E-state index >= 15 is 0 Å². The molecule has 10 heavy (non-hydrogen) atoms. The van der Waals surface area contributed by atoms with E-state index in [9.17, 15) is 0 Å². The molecule has 0 bridgehead atoms. The fraction of sp³-hybridized carbons (Fsp3) is 1.00. The molecule has 0 spiro atoms. The zero-order valence-corrected chi connectivity index (χ0v) is 7.31. The molecule has 60 valence electrons. The highest BCUT2D eigenvalue weighted by atomic mass is 16.5. The van der Waals surface area contributed by atoms with Gasteiger partial charge < -0.3 is 4.74 Å². The fourth-order valence-corrected chi connectivity index (χ4v) is 1.41. The molecule has 0 N–H and O–H groups in total. The van der Waals surface area contributed by atoms with Gasteiger partial charge in [-0.25, -0.2) is 0 Å². The van der Waals surface area contributed by atoms with Gasteiger partial charge in [0.15, 0.2) is 0 Å². The lowest BCUT2D eigenvalue weighted by Gasteiger charge is -2.36. The summed E-state index contributed by atoms with van der Waals surface area (Å²) >= 11 is 0. The van der Waals surface area contributed by atoms with E-state index in [1.165, 1.54) is 12.8 Å². The third kappa shape index (κ3) is 1.51. The molecular weight excluding hydrogens is 124 g/mol. The molecular formula is C9H18O. The van der Waals surface area contributed by atoms with Gasteiger partial charge in [0.2, 0.25) is 0 Å². The first kappa shape index (κ1) is 8.06. The van der Waals surface area contributed by atoms with Crippen molar-refractivity contribution in [1.29, 1.82) is 0 Å². The number of rotatable bonds is 1. The minimum absolute atomic E-state index is 0.457. The van der Waals surface area contributed by atoms with E-state index in [0.29, 0.717) is 5.41 Å². The second-order valence-electron chi connectivity index (χ2n) is 3.96. The van der Waals surface area contributed by atoms with Crippen LogP contribution in [0.5, 0.6) is 0 Å². The van der Waals surface area contributed by atoms with Gasteiger partial charge in [0, 0.05) is 6.61 Å². The van der Waals surface area contributed by atoms with Crippen molar-refractivity contribution in [2.24, 2.45) is 11.3 Å². The summed E-state index contributed by atoms with van der Waals surface area (Å²) in [6, 6.07) is 0. The summed E-state index contributed by atoms with van der Waals surface area (Å²) in [4.78, 5) is 0. The summed E-state index contributed by atoms with van der Waals surface area (Å²) in [6.45, 7) is 8.84. The summed E-state index contributed by atoms with van der Waals surface area (Å²) in [6.07, 6.45) is 2.58. The highest BCUT2D eigenvalue weighted by molar-refractivity contribution is 4.79. The molecule has 1 heteroatoms. The van der Waals surface area contributed by atoms with Crippen molar-refractivity contribution in [2.45, 2.75) is 33.6 Å². The molecule has 1 heterocycles. The maximum Gasteiger partial charge on any atom is 0.0522 e. The molecule has 1 aliphatic heterocycles. The van der Waals surface area contributed by atoms with Crippen LogP contribution in [0.25, 0.3) is 0 Å². The Hall–Kier alpha value is -0.0400. The molecule has 1 unspecified atom stereocenters. The van der Waals surface area contributed by atoms with Crippen molar-refractivity contribution in [1.82, 2.24) is 0 Å². The van der Waals surface area contributed by atoms with E-state index in [2.05, 4.69) is 20.8 Å². The van der Waals surface area contributed by atoms with Crippen molar-refractivity contribution >= 4 is 0 Å². The third-order valence-electron chi connectivity index (χ3n) is 2.86. The Morgan fingerprint density at radius 2 is 2.10 bits per heavy atom. The molecule has 1 aliphatic rings. The van der Waals surface area contributed by atoms with Gasteiger partial charge in [0.25, 0.3) is 0 Å². The average molecular weight is 142 g/mol. The lowest BCUT2D eigenvalue weighted by atomic mass is 9.75. The second-order valence-corrected chi connectivity index (χ2v) is 3.96. The topological polar surface area (TPSA) is 9.23 Å². The van der Waals surface area contributed by atoms with Crippen molar-refractivity contribution in [2.75, 3.05) is 13.2 Å². The maximum absolute atomic E-state index is 5.45. The van der Waals surface area contributed by atoms with Gasteiger partial charge in [0.05, 0.1) is 6.61 Å². The first-order valence-corrected chi connectivity index (χ1v) is 4.23. The van der Waals surface area contributed by atoms with E-state index in [4.69, 9.17) is 4.74 Å². The fourth-order valence-electron chi connectivity index (χ4n) is 1.41. The van der Waals surface area contributed by atoms with Gasteiger partial charge >= 0.3 is 0 Å². The van der Waals surface area contributed by atoms with E-state index in [0.717, 1.165) is 19.1 Å². The molecule has 0 radical (unpaired) electrons. The third-order valence-corrected chi connectivity index (χ3v) is 2.86. The Labute approximate surface area is 63.8 Å². The molecule has 1 fully saturated rings. The Morgan fingerprint density at radius 3 is 2.40 bits per heavy atom. The standard InChI is InChI=1S/C9H18O/c1-8(2)9(3)5-4-6-10-7-9/h8H,4-7H2,1-3H3. The summed E-state index contributed by atoms with van der Waals surface area (Å²) < 4.78 is 5.45. The van der Waals surface area contributed by atoms with Gasteiger partial charge in [-0.3, -0.25) is 0 Å². The zero-order valence-electron chi connectivity index (χ0n) is 7.31. The maximum atomic E-state index is 5.45. The van der Waals surface area contributed by atoms with Crippen LogP contribution in [0.3, 0.4) is 0 Å². The molecule has 1 atom stereocenters. The van der Waals surface area contributed by atoms with Crippen molar-refractivity contribution < 1.29 is 4.74 Å². The Balaban J connectivity index is 2.48. The van der Waals surface area contributed by atoms with Crippen LogP contribution in [0, 0.1) is 11.3 Å². The van der Waals surface area contributed by atoms with Crippen LogP contribution in [0.4, 0.5) is 0 Å². The van der Waals surface area contributed by atoms with Gasteiger partial charge in [0.1, 0.15) is 0 Å². The largest absolute Gasteiger partial charge is 0.381 e. The molecule has 0 aromatic heterocycles. The van der Waals surface area contributed by atoms with E-state index < -0.39 is 0 Å². The van der Waals surface area contributed by atoms with Crippen LogP contribution >= 0.6 is 0 Å². The predicted octanol–water partition coefficient (Wildman–Crippen LogP) is 2.46. The zero-order chi connectivity index (χ0) is 7.61. The monoisotopic (exact) mass is 142 g/mol. The Morgan fingerprint density at radius 1 is 1.40 bits per heavy atom. The van der Waals surface area contributed by atoms with Crippen molar-refractivity contribution in [3.8, 4) is 0 Å². The predicted molar refractivity (Wildman–Crippen MR) is 43.0 cm³/mol. The van der Waals surface area contributed by atoms with Crippen molar-refractivity contribution in [3.05, 3.63) is 0 Å². The minimum Gasteiger partial charge on any atom is -0.381 e. The minimum atomic E-state index is 0.457. The smallest absolute Gasteiger partial charge is 0.0522 e. The normalized spacial score (nSPS) is 34.8. The summed E-state index contributed by atoms with van der Waals surface area (Å²) in [7, 11) is 0. The van der Waals surface area contributed by atoms with Crippen LogP contribution in [0.2, 0.25) is 0 Å². The number of hydrogen-bond donors (Lipinski definition) is 0. The number of ether oxygens (including phenoxy) is 1. The Bertz CT molecular complexity index is 101. The van der Waals surface area contributed by atoms with Gasteiger partial charge in [-0.15, -0.1) is 0 Å². The van der Waals surface area contributed by atoms with E-state index in [-0.39, 0.29) is 0 Å². The molecule has 0 saturated carbocycles. The van der Waals surface area contributed by atoms with Gasteiger partial charge in [-0.2, -0.15) is 0 Å². The van der Waals surface area contributed by atoms with E-state index in [1.807, 2.05) is 0 Å². The molecule has 0 aliphatic carbocycles. The SMILES string of the molecule is CC(C)C1(C)CCCOC1. The first-order valence-electron chi connectivity index (χ1n) is 4.23. The summed E-state index contributed by atoms with van der Waals surface area (Å²) in [5.41, 5.74) is 0.457. The second kappa shape index (κ2) is 2.91. The highest BCUT2D eigenvalue weighted by Crippen LogP contribution is 2.35. The summed E-state index contributed by atoms with van der Waals surface area (Å²) in [5.74, 6) is 0.757. The van der Waals surface area contributed by atoms with Crippen LogP contribution in [0.15, 0.2) is 0 Å². The molecule has 1 saturated heterocycles. The lowest BCUT2D eigenvalue weighted by Crippen LogP contribution is -2.33. The molecule has 0 aromatic rings. The molecule has 0 aromatic carbocycles.